The quantitative estimate of drug-likeness (QED) is 0.840. The van der Waals surface area contributed by atoms with Gasteiger partial charge in [-0.2, -0.15) is 5.10 Å². The molecule has 2 aromatic rings. The van der Waals surface area contributed by atoms with Gasteiger partial charge in [0.1, 0.15) is 12.4 Å². The van der Waals surface area contributed by atoms with Gasteiger partial charge in [-0.3, -0.25) is 9.59 Å². The Bertz CT molecular complexity index is 783. The molecule has 1 saturated heterocycles. The van der Waals surface area contributed by atoms with Crippen LogP contribution in [0.2, 0.25) is 0 Å². The van der Waals surface area contributed by atoms with E-state index >= 15 is 0 Å². The first-order valence-corrected chi connectivity index (χ1v) is 9.56. The maximum Gasteiger partial charge on any atom is 0.266 e. The molecule has 0 bridgehead atoms. The van der Waals surface area contributed by atoms with Crippen molar-refractivity contribution in [2.75, 3.05) is 25.6 Å². The van der Waals surface area contributed by atoms with Crippen molar-refractivity contribution in [3.63, 3.8) is 0 Å². The molecule has 1 aliphatic rings. The molecule has 8 heteroatoms. The van der Waals surface area contributed by atoms with Crippen molar-refractivity contribution in [3.8, 4) is 0 Å². The minimum absolute atomic E-state index is 0.00441. The second kappa shape index (κ2) is 8.01. The molecule has 0 saturated carbocycles. The van der Waals surface area contributed by atoms with Gasteiger partial charge in [-0.05, 0) is 38.8 Å². The van der Waals surface area contributed by atoms with Gasteiger partial charge in [0.15, 0.2) is 0 Å². The van der Waals surface area contributed by atoms with Crippen LogP contribution in [0.3, 0.4) is 0 Å². The van der Waals surface area contributed by atoms with Gasteiger partial charge in [0.05, 0.1) is 17.1 Å². The standard InChI is InChI=1S/C18H24N4O3S/c1-12(2)22-16(8-9-19-22)20-18(24)15-7-6-14(26-15)13-5-4-10-21(13)17(23)11-25-3/h6-9,12-13H,4-5,10-11H2,1-3H3,(H,20,24). The predicted molar refractivity (Wildman–Crippen MR) is 100 cm³/mol. The molecule has 1 N–H and O–H groups in total. The number of hydrogen-bond acceptors (Lipinski definition) is 5. The molecule has 0 spiro atoms. The summed E-state index contributed by atoms with van der Waals surface area (Å²) in [6, 6.07) is 5.75. The first kappa shape index (κ1) is 18.6. The van der Waals surface area contributed by atoms with Gasteiger partial charge in [0, 0.05) is 30.6 Å². The Balaban J connectivity index is 1.72. The van der Waals surface area contributed by atoms with Gasteiger partial charge in [0.25, 0.3) is 5.91 Å². The number of methoxy groups -OCH3 is 1. The Hall–Kier alpha value is -2.19. The highest BCUT2D eigenvalue weighted by atomic mass is 32.1. The minimum atomic E-state index is -0.156. The second-order valence-corrected chi connectivity index (χ2v) is 7.70. The van der Waals surface area contributed by atoms with Crippen LogP contribution < -0.4 is 5.32 Å². The maximum atomic E-state index is 12.6. The number of hydrogen-bond donors (Lipinski definition) is 1. The first-order valence-electron chi connectivity index (χ1n) is 8.74. The normalized spacial score (nSPS) is 17.1. The number of rotatable bonds is 6. The average Bonchev–Trinajstić information content (AvgIpc) is 3.34. The zero-order valence-electron chi connectivity index (χ0n) is 15.3. The molecule has 1 atom stereocenters. The van der Waals surface area contributed by atoms with E-state index in [2.05, 4.69) is 10.4 Å². The predicted octanol–water partition coefficient (Wildman–Crippen LogP) is 3.09. The molecule has 2 aromatic heterocycles. The summed E-state index contributed by atoms with van der Waals surface area (Å²) >= 11 is 1.44. The van der Waals surface area contributed by atoms with E-state index in [4.69, 9.17) is 4.74 Å². The van der Waals surface area contributed by atoms with Crippen molar-refractivity contribution in [1.29, 1.82) is 0 Å². The average molecular weight is 376 g/mol. The zero-order valence-corrected chi connectivity index (χ0v) is 16.1. The number of nitrogens with zero attached hydrogens (tertiary/aromatic N) is 3. The minimum Gasteiger partial charge on any atom is -0.375 e. The van der Waals surface area contributed by atoms with Crippen molar-refractivity contribution in [1.82, 2.24) is 14.7 Å². The van der Waals surface area contributed by atoms with E-state index in [0.29, 0.717) is 10.7 Å². The van der Waals surface area contributed by atoms with E-state index < -0.39 is 0 Å². The van der Waals surface area contributed by atoms with Gasteiger partial charge in [-0.15, -0.1) is 11.3 Å². The van der Waals surface area contributed by atoms with Crippen LogP contribution in [0.4, 0.5) is 5.82 Å². The van der Waals surface area contributed by atoms with E-state index in [-0.39, 0.29) is 30.5 Å². The van der Waals surface area contributed by atoms with Crippen LogP contribution in [-0.4, -0.2) is 46.8 Å². The van der Waals surface area contributed by atoms with Crippen LogP contribution in [0.25, 0.3) is 0 Å². The molecule has 1 aliphatic heterocycles. The van der Waals surface area contributed by atoms with E-state index in [9.17, 15) is 9.59 Å². The monoisotopic (exact) mass is 376 g/mol. The van der Waals surface area contributed by atoms with Gasteiger partial charge in [0.2, 0.25) is 5.91 Å². The molecular formula is C18H24N4O3S. The summed E-state index contributed by atoms with van der Waals surface area (Å²) in [4.78, 5) is 28.3. The fourth-order valence-electron chi connectivity index (χ4n) is 3.22. The number of thiophene rings is 1. The van der Waals surface area contributed by atoms with Gasteiger partial charge in [-0.1, -0.05) is 0 Å². The smallest absolute Gasteiger partial charge is 0.266 e. The first-order chi connectivity index (χ1) is 12.5. The van der Waals surface area contributed by atoms with Gasteiger partial charge in [-0.25, -0.2) is 4.68 Å². The Kier molecular flexibility index (Phi) is 5.73. The van der Waals surface area contributed by atoms with Gasteiger partial charge < -0.3 is 15.0 Å². The molecule has 26 heavy (non-hydrogen) atoms. The third kappa shape index (κ3) is 3.81. The van der Waals surface area contributed by atoms with E-state index in [1.54, 1.807) is 16.9 Å². The summed E-state index contributed by atoms with van der Waals surface area (Å²) in [5.74, 6) is 0.518. The molecule has 140 valence electrons. The molecular weight excluding hydrogens is 352 g/mol. The Labute approximate surface area is 156 Å². The molecule has 0 aromatic carbocycles. The number of carbonyl (C=O) groups is 2. The van der Waals surface area contributed by atoms with Crippen LogP contribution >= 0.6 is 11.3 Å². The third-order valence-electron chi connectivity index (χ3n) is 4.42. The number of likely N-dealkylation sites (tertiary alicyclic amines) is 1. The van der Waals surface area contributed by atoms with Crippen molar-refractivity contribution >= 4 is 29.0 Å². The van der Waals surface area contributed by atoms with Crippen molar-refractivity contribution in [3.05, 3.63) is 34.2 Å². The molecule has 1 unspecified atom stereocenters. The van der Waals surface area contributed by atoms with Gasteiger partial charge >= 0.3 is 0 Å². The molecule has 1 fully saturated rings. The lowest BCUT2D eigenvalue weighted by atomic mass is 10.2. The lowest BCUT2D eigenvalue weighted by molar-refractivity contribution is -0.136. The molecule has 2 amide bonds. The number of carbonyl (C=O) groups excluding carboxylic acids is 2. The van der Waals surface area contributed by atoms with E-state index in [1.807, 2.05) is 30.9 Å². The molecule has 0 aliphatic carbocycles. The molecule has 3 rings (SSSR count). The zero-order chi connectivity index (χ0) is 18.7. The SMILES string of the molecule is COCC(=O)N1CCCC1c1ccc(C(=O)Nc2ccnn2C(C)C)s1. The van der Waals surface area contributed by atoms with Crippen molar-refractivity contribution in [2.45, 2.75) is 38.8 Å². The number of amides is 2. The summed E-state index contributed by atoms with van der Waals surface area (Å²) in [7, 11) is 1.53. The van der Waals surface area contributed by atoms with E-state index in [0.717, 1.165) is 24.3 Å². The highest BCUT2D eigenvalue weighted by Gasteiger charge is 2.31. The lowest BCUT2D eigenvalue weighted by Gasteiger charge is -2.23. The second-order valence-electron chi connectivity index (χ2n) is 6.59. The molecule has 0 radical (unpaired) electrons. The highest BCUT2D eigenvalue weighted by molar-refractivity contribution is 7.14. The Morgan fingerprint density at radius 3 is 2.92 bits per heavy atom. The van der Waals surface area contributed by atoms with E-state index in [1.165, 1.54) is 18.4 Å². The fourth-order valence-corrected chi connectivity index (χ4v) is 4.28. The summed E-state index contributed by atoms with van der Waals surface area (Å²) < 4.78 is 6.75. The summed E-state index contributed by atoms with van der Waals surface area (Å²) in [6.07, 6.45) is 3.55. The largest absolute Gasteiger partial charge is 0.375 e. The van der Waals surface area contributed by atoms with Crippen LogP contribution in [0, 0.1) is 0 Å². The van der Waals surface area contributed by atoms with Crippen LogP contribution in [0.5, 0.6) is 0 Å². The van der Waals surface area contributed by atoms with Crippen LogP contribution in [0.1, 0.15) is 53.3 Å². The molecule has 3 heterocycles. The lowest BCUT2D eigenvalue weighted by Crippen LogP contribution is -2.32. The fraction of sp³-hybridized carbons (Fsp3) is 0.500. The Morgan fingerprint density at radius 2 is 2.19 bits per heavy atom. The number of nitrogens with one attached hydrogen (secondary N) is 1. The topological polar surface area (TPSA) is 76.5 Å². The number of ether oxygens (including phenoxy) is 1. The van der Waals surface area contributed by atoms with Crippen molar-refractivity contribution < 1.29 is 14.3 Å². The summed E-state index contributed by atoms with van der Waals surface area (Å²) in [5, 5.41) is 7.14. The number of aromatic nitrogens is 2. The summed E-state index contributed by atoms with van der Waals surface area (Å²) in [5.41, 5.74) is 0. The molecule has 7 nitrogen and oxygen atoms in total. The third-order valence-corrected chi connectivity index (χ3v) is 5.61. The van der Waals surface area contributed by atoms with Crippen LogP contribution in [0.15, 0.2) is 24.4 Å². The Morgan fingerprint density at radius 1 is 1.38 bits per heavy atom. The number of anilines is 1. The van der Waals surface area contributed by atoms with Crippen molar-refractivity contribution in [2.24, 2.45) is 0 Å². The highest BCUT2D eigenvalue weighted by Crippen LogP contribution is 2.36. The summed E-state index contributed by atoms with van der Waals surface area (Å²) in [6.45, 7) is 4.85. The van der Waals surface area contributed by atoms with Crippen LogP contribution in [-0.2, 0) is 9.53 Å². The maximum absolute atomic E-state index is 12.6.